The molecule has 0 aliphatic heterocycles. The zero-order chi connectivity index (χ0) is 23.3. The van der Waals surface area contributed by atoms with Crippen LogP contribution in [0, 0.1) is 6.92 Å². The van der Waals surface area contributed by atoms with E-state index in [1.54, 1.807) is 54.6 Å². The number of benzene rings is 4. The summed E-state index contributed by atoms with van der Waals surface area (Å²) in [7, 11) is -3.75. The second-order valence-corrected chi connectivity index (χ2v) is 9.20. The number of aryl methyl sites for hydroxylation is 1. The highest BCUT2D eigenvalue weighted by molar-refractivity contribution is 7.92. The molecule has 4 aromatic rings. The number of hydrogen-bond donors (Lipinski definition) is 3. The van der Waals surface area contributed by atoms with Crippen LogP contribution in [-0.4, -0.2) is 14.3 Å². The molecule has 4 rings (SSSR count). The third-order valence-corrected chi connectivity index (χ3v) is 6.31. The smallest absolute Gasteiger partial charge is 0.261 e. The van der Waals surface area contributed by atoms with Crippen molar-refractivity contribution in [3.8, 4) is 0 Å². The van der Waals surface area contributed by atoms with E-state index in [1.165, 1.54) is 6.07 Å². The molecule has 0 spiro atoms. The van der Waals surface area contributed by atoms with Crippen LogP contribution >= 0.6 is 0 Å². The minimum Gasteiger partial charge on any atom is -0.356 e. The summed E-state index contributed by atoms with van der Waals surface area (Å²) >= 11 is 0. The van der Waals surface area contributed by atoms with E-state index in [9.17, 15) is 13.2 Å². The molecule has 0 saturated heterocycles. The fourth-order valence-corrected chi connectivity index (χ4v) is 4.23. The van der Waals surface area contributed by atoms with Gasteiger partial charge >= 0.3 is 0 Å². The second kappa shape index (κ2) is 9.58. The highest BCUT2D eigenvalue weighted by atomic mass is 32.2. The monoisotopic (exact) mass is 457 g/mol. The second-order valence-electron chi connectivity index (χ2n) is 7.52. The van der Waals surface area contributed by atoms with E-state index in [-0.39, 0.29) is 10.8 Å². The summed E-state index contributed by atoms with van der Waals surface area (Å²) in [6.07, 6.45) is 0. The lowest BCUT2D eigenvalue weighted by Crippen LogP contribution is -2.15. The number of carbonyl (C=O) groups is 1. The first-order chi connectivity index (χ1) is 15.9. The molecule has 6 nitrogen and oxygen atoms in total. The minimum absolute atomic E-state index is 0.159. The number of amides is 1. The number of carbonyl (C=O) groups excluding carboxylic acids is 1. The first-order valence-electron chi connectivity index (χ1n) is 10.3. The van der Waals surface area contributed by atoms with Gasteiger partial charge in [-0.3, -0.25) is 9.52 Å². The third-order valence-electron chi connectivity index (χ3n) is 4.91. The minimum atomic E-state index is -3.75. The normalized spacial score (nSPS) is 10.9. The van der Waals surface area contributed by atoms with Crippen LogP contribution in [0.2, 0.25) is 0 Å². The standard InChI is InChI=1S/C26H23N3O3S/c1-19-10-16-25(17-11-19)33(31,32)29-24-9-5-6-20(18-24)26(30)28-23-14-12-22(13-15-23)27-21-7-3-2-4-8-21/h2-18,27,29H,1H3,(H,28,30). The van der Waals surface area contributed by atoms with Crippen molar-refractivity contribution in [2.24, 2.45) is 0 Å². The van der Waals surface area contributed by atoms with Crippen LogP contribution in [0.4, 0.5) is 22.7 Å². The number of nitrogens with one attached hydrogen (secondary N) is 3. The molecule has 0 fully saturated rings. The maximum absolute atomic E-state index is 12.7. The van der Waals surface area contributed by atoms with Crippen molar-refractivity contribution >= 4 is 38.7 Å². The largest absolute Gasteiger partial charge is 0.356 e. The van der Waals surface area contributed by atoms with Gasteiger partial charge in [0.15, 0.2) is 0 Å². The Bertz CT molecular complexity index is 1350. The summed E-state index contributed by atoms with van der Waals surface area (Å²) in [6.45, 7) is 1.89. The van der Waals surface area contributed by atoms with Crippen LogP contribution < -0.4 is 15.4 Å². The van der Waals surface area contributed by atoms with E-state index in [1.807, 2.05) is 49.4 Å². The van der Waals surface area contributed by atoms with Crippen molar-refractivity contribution in [2.75, 3.05) is 15.4 Å². The van der Waals surface area contributed by atoms with Crippen molar-refractivity contribution in [2.45, 2.75) is 11.8 Å². The van der Waals surface area contributed by atoms with Crippen molar-refractivity contribution in [3.63, 3.8) is 0 Å². The molecule has 0 unspecified atom stereocenters. The van der Waals surface area contributed by atoms with E-state index >= 15 is 0 Å². The molecule has 0 aromatic heterocycles. The van der Waals surface area contributed by atoms with Gasteiger partial charge in [0.05, 0.1) is 4.90 Å². The van der Waals surface area contributed by atoms with Crippen LogP contribution in [0.15, 0.2) is 108 Å². The lowest BCUT2D eigenvalue weighted by Gasteiger charge is -2.11. The summed E-state index contributed by atoms with van der Waals surface area (Å²) in [5.41, 5.74) is 4.11. The predicted octanol–water partition coefficient (Wildman–Crippen LogP) is 5.79. The fourth-order valence-electron chi connectivity index (χ4n) is 3.18. The van der Waals surface area contributed by atoms with Crippen molar-refractivity contribution in [1.29, 1.82) is 0 Å². The highest BCUT2D eigenvalue weighted by Crippen LogP contribution is 2.21. The van der Waals surface area contributed by atoms with Gasteiger partial charge < -0.3 is 10.6 Å². The molecular formula is C26H23N3O3S. The SMILES string of the molecule is Cc1ccc(S(=O)(=O)Nc2cccc(C(=O)Nc3ccc(Nc4ccccc4)cc3)c2)cc1. The Balaban J connectivity index is 1.43. The summed E-state index contributed by atoms with van der Waals surface area (Å²) in [6, 6.07) is 30.1. The van der Waals surface area contributed by atoms with Gasteiger partial charge in [-0.25, -0.2) is 8.42 Å². The third kappa shape index (κ3) is 5.78. The van der Waals surface area contributed by atoms with E-state index in [0.29, 0.717) is 16.9 Å². The van der Waals surface area contributed by atoms with Crippen LogP contribution in [0.1, 0.15) is 15.9 Å². The molecule has 0 radical (unpaired) electrons. The lowest BCUT2D eigenvalue weighted by atomic mass is 10.2. The van der Waals surface area contributed by atoms with Crippen LogP contribution in [0.25, 0.3) is 0 Å². The quantitative estimate of drug-likeness (QED) is 0.328. The molecule has 1 amide bonds. The molecule has 3 N–H and O–H groups in total. The topological polar surface area (TPSA) is 87.3 Å². The average Bonchev–Trinajstić information content (AvgIpc) is 2.81. The van der Waals surface area contributed by atoms with Gasteiger partial charge in [-0.05, 0) is 73.7 Å². The molecule has 0 aliphatic rings. The zero-order valence-electron chi connectivity index (χ0n) is 17.9. The van der Waals surface area contributed by atoms with Gasteiger partial charge in [-0.2, -0.15) is 0 Å². The molecule has 4 aromatic carbocycles. The Morgan fingerprint density at radius 2 is 1.27 bits per heavy atom. The molecule has 0 atom stereocenters. The molecular weight excluding hydrogens is 434 g/mol. The molecule has 0 heterocycles. The summed E-state index contributed by atoms with van der Waals surface area (Å²) in [5.74, 6) is -0.338. The Hall–Kier alpha value is -4.10. The average molecular weight is 458 g/mol. The molecule has 0 aliphatic carbocycles. The Morgan fingerprint density at radius 1 is 0.667 bits per heavy atom. The zero-order valence-corrected chi connectivity index (χ0v) is 18.8. The van der Waals surface area contributed by atoms with Crippen LogP contribution in [-0.2, 0) is 10.0 Å². The first kappa shape index (κ1) is 22.1. The lowest BCUT2D eigenvalue weighted by molar-refractivity contribution is 0.102. The Kier molecular flexibility index (Phi) is 6.42. The fraction of sp³-hybridized carbons (Fsp3) is 0.0385. The summed E-state index contributed by atoms with van der Waals surface area (Å²) in [5, 5.41) is 6.12. The Morgan fingerprint density at radius 3 is 1.97 bits per heavy atom. The number of sulfonamides is 1. The van der Waals surface area contributed by atoms with Crippen molar-refractivity contribution < 1.29 is 13.2 Å². The first-order valence-corrected chi connectivity index (χ1v) is 11.8. The van der Waals surface area contributed by atoms with Gasteiger partial charge in [-0.1, -0.05) is 42.0 Å². The van der Waals surface area contributed by atoms with Crippen LogP contribution in [0.5, 0.6) is 0 Å². The molecule has 33 heavy (non-hydrogen) atoms. The van der Waals surface area contributed by atoms with E-state index < -0.39 is 10.0 Å². The number of para-hydroxylation sites is 1. The van der Waals surface area contributed by atoms with Gasteiger partial charge in [0.2, 0.25) is 0 Å². The highest BCUT2D eigenvalue weighted by Gasteiger charge is 2.15. The number of rotatable bonds is 7. The number of anilines is 4. The van der Waals surface area contributed by atoms with Gasteiger partial charge in [0, 0.05) is 28.3 Å². The van der Waals surface area contributed by atoms with Crippen LogP contribution in [0.3, 0.4) is 0 Å². The summed E-state index contributed by atoms with van der Waals surface area (Å²) in [4.78, 5) is 12.9. The van der Waals surface area contributed by atoms with Crippen molar-refractivity contribution in [1.82, 2.24) is 0 Å². The molecule has 7 heteroatoms. The predicted molar refractivity (Wildman–Crippen MR) is 133 cm³/mol. The Labute approximate surface area is 193 Å². The van der Waals surface area contributed by atoms with Crippen molar-refractivity contribution in [3.05, 3.63) is 114 Å². The molecule has 0 saturated carbocycles. The number of hydrogen-bond acceptors (Lipinski definition) is 4. The van der Waals surface area contributed by atoms with Gasteiger partial charge in [0.25, 0.3) is 15.9 Å². The van der Waals surface area contributed by atoms with E-state index in [2.05, 4.69) is 15.4 Å². The van der Waals surface area contributed by atoms with E-state index in [4.69, 9.17) is 0 Å². The molecule has 166 valence electrons. The molecule has 0 bridgehead atoms. The summed E-state index contributed by atoms with van der Waals surface area (Å²) < 4.78 is 27.8. The van der Waals surface area contributed by atoms with E-state index in [0.717, 1.165) is 16.9 Å². The van der Waals surface area contributed by atoms with Gasteiger partial charge in [0.1, 0.15) is 0 Å². The maximum Gasteiger partial charge on any atom is 0.261 e. The maximum atomic E-state index is 12.7. The van der Waals surface area contributed by atoms with Gasteiger partial charge in [-0.15, -0.1) is 0 Å².